The Morgan fingerprint density at radius 3 is 2.76 bits per heavy atom. The number of carbonyl (C=O) groups is 1. The molecule has 1 aromatic heterocycles. The molecule has 0 aliphatic carbocycles. The second-order valence-corrected chi connectivity index (χ2v) is 9.12. The van der Waals surface area contributed by atoms with Gasteiger partial charge in [0.2, 0.25) is 5.91 Å². The van der Waals surface area contributed by atoms with Gasteiger partial charge in [-0.25, -0.2) is 13.4 Å². The zero-order chi connectivity index (χ0) is 18.0. The Morgan fingerprint density at radius 2 is 2.08 bits per heavy atom. The summed E-state index contributed by atoms with van der Waals surface area (Å²) in [5.74, 6) is 0.0329. The number of hydrogen-bond donors (Lipinski definition) is 0. The van der Waals surface area contributed by atoms with Crippen molar-refractivity contribution in [2.75, 3.05) is 50.9 Å². The first-order valence-electron chi connectivity index (χ1n) is 8.70. The van der Waals surface area contributed by atoms with Gasteiger partial charge in [0, 0.05) is 45.5 Å². The van der Waals surface area contributed by atoms with Gasteiger partial charge in [-0.3, -0.25) is 9.69 Å². The third kappa shape index (κ3) is 4.04. The van der Waals surface area contributed by atoms with E-state index in [0.29, 0.717) is 45.9 Å². The van der Waals surface area contributed by atoms with Crippen LogP contribution in [0, 0.1) is 0 Å². The van der Waals surface area contributed by atoms with Crippen LogP contribution in [0.15, 0.2) is 6.33 Å². The van der Waals surface area contributed by atoms with Gasteiger partial charge in [0.15, 0.2) is 9.84 Å². The van der Waals surface area contributed by atoms with Crippen molar-refractivity contribution in [3.8, 4) is 0 Å². The van der Waals surface area contributed by atoms with Crippen molar-refractivity contribution in [3.63, 3.8) is 0 Å². The highest BCUT2D eigenvalue weighted by atomic mass is 32.2. The Hall–Kier alpha value is -1.45. The molecule has 1 aromatic rings. The van der Waals surface area contributed by atoms with E-state index in [1.807, 2.05) is 21.4 Å². The van der Waals surface area contributed by atoms with Crippen molar-refractivity contribution in [2.24, 2.45) is 7.05 Å². The normalized spacial score (nSPS) is 22.0. The van der Waals surface area contributed by atoms with E-state index in [2.05, 4.69) is 4.98 Å². The van der Waals surface area contributed by atoms with Crippen LogP contribution < -0.4 is 0 Å². The topological polar surface area (TPSA) is 84.7 Å². The molecule has 140 valence electrons. The molecule has 8 nitrogen and oxygen atoms in total. The highest BCUT2D eigenvalue weighted by Crippen LogP contribution is 2.29. The number of imidazole rings is 1. The van der Waals surface area contributed by atoms with E-state index >= 15 is 0 Å². The molecule has 3 rings (SSSR count). The molecule has 2 aliphatic rings. The lowest BCUT2D eigenvalue weighted by Crippen LogP contribution is -2.48. The van der Waals surface area contributed by atoms with Crippen LogP contribution >= 0.6 is 0 Å². The molecule has 2 aliphatic heterocycles. The van der Waals surface area contributed by atoms with E-state index in [-0.39, 0.29) is 23.3 Å². The number of aryl methyl sites for hydroxylation is 1. The lowest BCUT2D eigenvalue weighted by molar-refractivity contribution is -0.137. The zero-order valence-corrected chi connectivity index (χ0v) is 15.7. The predicted octanol–water partition coefficient (Wildman–Crippen LogP) is -0.387. The number of aromatic nitrogens is 2. The first kappa shape index (κ1) is 18.3. The first-order valence-corrected chi connectivity index (χ1v) is 10.5. The molecule has 9 heteroatoms. The van der Waals surface area contributed by atoms with Crippen molar-refractivity contribution in [3.05, 3.63) is 17.7 Å². The maximum absolute atomic E-state index is 13.1. The standard InChI is InChI=1S/C16H26N4O4S/c1-3-25(22,23)9-6-19-10-13(15-14(11-19)17-12-18(15)2)16(21)20-4-7-24-8-5-20/h12-13H,3-11H2,1-2H3/t13-/m0/s1. The summed E-state index contributed by atoms with van der Waals surface area (Å²) in [6.07, 6.45) is 1.73. The number of carbonyl (C=O) groups excluding carboxylic acids is 1. The quantitative estimate of drug-likeness (QED) is 0.702. The maximum atomic E-state index is 13.1. The highest BCUT2D eigenvalue weighted by Gasteiger charge is 2.36. The summed E-state index contributed by atoms with van der Waals surface area (Å²) in [4.78, 5) is 21.4. The summed E-state index contributed by atoms with van der Waals surface area (Å²) < 4.78 is 30.9. The van der Waals surface area contributed by atoms with Crippen LogP contribution in [0.25, 0.3) is 0 Å². The van der Waals surface area contributed by atoms with Crippen molar-refractivity contribution < 1.29 is 17.9 Å². The fraction of sp³-hybridized carbons (Fsp3) is 0.750. The number of sulfone groups is 1. The Balaban J connectivity index is 1.78. The minimum Gasteiger partial charge on any atom is -0.378 e. The third-order valence-electron chi connectivity index (χ3n) is 4.99. The summed E-state index contributed by atoms with van der Waals surface area (Å²) >= 11 is 0. The van der Waals surface area contributed by atoms with Gasteiger partial charge in [0.05, 0.1) is 42.6 Å². The summed E-state index contributed by atoms with van der Waals surface area (Å²) in [7, 11) is -1.12. The fourth-order valence-corrected chi connectivity index (χ4v) is 4.29. The predicted molar refractivity (Wildman–Crippen MR) is 93.0 cm³/mol. The van der Waals surface area contributed by atoms with E-state index in [9.17, 15) is 13.2 Å². The van der Waals surface area contributed by atoms with E-state index < -0.39 is 9.84 Å². The second-order valence-electron chi connectivity index (χ2n) is 6.65. The molecule has 3 heterocycles. The number of fused-ring (bicyclic) bond motifs is 1. The minimum atomic E-state index is -3.03. The van der Waals surface area contributed by atoms with Crippen LogP contribution in [0.1, 0.15) is 24.2 Å². The molecule has 1 atom stereocenters. The van der Waals surface area contributed by atoms with Gasteiger partial charge in [-0.2, -0.15) is 0 Å². The number of nitrogens with zero attached hydrogens (tertiary/aromatic N) is 4. The minimum absolute atomic E-state index is 0.0798. The lowest BCUT2D eigenvalue weighted by Gasteiger charge is -2.36. The van der Waals surface area contributed by atoms with Gasteiger partial charge in [-0.1, -0.05) is 6.92 Å². The van der Waals surface area contributed by atoms with E-state index in [4.69, 9.17) is 4.74 Å². The third-order valence-corrected chi connectivity index (χ3v) is 6.67. The number of amides is 1. The van der Waals surface area contributed by atoms with Gasteiger partial charge < -0.3 is 14.2 Å². The molecule has 1 amide bonds. The molecule has 0 spiro atoms. The first-order chi connectivity index (χ1) is 11.9. The summed E-state index contributed by atoms with van der Waals surface area (Å²) in [5, 5.41) is 0. The molecule has 1 fully saturated rings. The van der Waals surface area contributed by atoms with Gasteiger partial charge in [-0.15, -0.1) is 0 Å². The number of ether oxygens (including phenoxy) is 1. The van der Waals surface area contributed by atoms with Crippen molar-refractivity contribution in [1.29, 1.82) is 0 Å². The van der Waals surface area contributed by atoms with Crippen LogP contribution in [-0.2, 0) is 33.0 Å². The molecule has 0 radical (unpaired) electrons. The van der Waals surface area contributed by atoms with Crippen molar-refractivity contribution in [2.45, 2.75) is 19.4 Å². The second kappa shape index (κ2) is 7.43. The molecule has 0 bridgehead atoms. The average Bonchev–Trinajstić information content (AvgIpc) is 3.00. The summed E-state index contributed by atoms with van der Waals surface area (Å²) in [6.45, 7) is 5.54. The lowest BCUT2D eigenvalue weighted by atomic mass is 9.96. The highest BCUT2D eigenvalue weighted by molar-refractivity contribution is 7.91. The summed E-state index contributed by atoms with van der Waals surface area (Å²) in [5.41, 5.74) is 1.82. The smallest absolute Gasteiger partial charge is 0.233 e. The average molecular weight is 370 g/mol. The van der Waals surface area contributed by atoms with E-state index in [1.54, 1.807) is 13.3 Å². The molecule has 0 saturated carbocycles. The molecule has 0 aromatic carbocycles. The maximum Gasteiger partial charge on any atom is 0.233 e. The van der Waals surface area contributed by atoms with Gasteiger partial charge in [0.25, 0.3) is 0 Å². The molecule has 1 saturated heterocycles. The number of morpholine rings is 1. The SMILES string of the molecule is CCS(=O)(=O)CCN1Cc2ncn(C)c2[C@@H](C(=O)N2CCOCC2)C1. The van der Waals surface area contributed by atoms with E-state index in [1.165, 1.54) is 0 Å². The van der Waals surface area contributed by atoms with Gasteiger partial charge in [0.1, 0.15) is 0 Å². The monoisotopic (exact) mass is 370 g/mol. The Bertz CT molecular complexity index is 724. The molecular formula is C16H26N4O4S. The largest absolute Gasteiger partial charge is 0.378 e. The fourth-order valence-electron chi connectivity index (χ4n) is 3.46. The van der Waals surface area contributed by atoms with Crippen LogP contribution in [0.5, 0.6) is 0 Å². The molecule has 0 N–H and O–H groups in total. The van der Waals surface area contributed by atoms with E-state index in [0.717, 1.165) is 11.4 Å². The van der Waals surface area contributed by atoms with Crippen molar-refractivity contribution in [1.82, 2.24) is 19.4 Å². The van der Waals surface area contributed by atoms with Crippen LogP contribution in [-0.4, -0.2) is 84.6 Å². The van der Waals surface area contributed by atoms with Gasteiger partial charge >= 0.3 is 0 Å². The van der Waals surface area contributed by atoms with Crippen molar-refractivity contribution >= 4 is 15.7 Å². The number of hydrogen-bond acceptors (Lipinski definition) is 6. The Labute approximate surface area is 148 Å². The van der Waals surface area contributed by atoms with Crippen LogP contribution in [0.2, 0.25) is 0 Å². The molecular weight excluding hydrogens is 344 g/mol. The van der Waals surface area contributed by atoms with Gasteiger partial charge in [-0.05, 0) is 0 Å². The van der Waals surface area contributed by atoms with Crippen LogP contribution in [0.3, 0.4) is 0 Å². The molecule has 25 heavy (non-hydrogen) atoms. The van der Waals surface area contributed by atoms with Crippen LogP contribution in [0.4, 0.5) is 0 Å². The summed E-state index contributed by atoms with van der Waals surface area (Å²) in [6, 6.07) is 0. The number of rotatable bonds is 5. The Kier molecular flexibility index (Phi) is 5.45. The Morgan fingerprint density at radius 1 is 1.36 bits per heavy atom. The molecule has 0 unspecified atom stereocenters. The zero-order valence-electron chi connectivity index (χ0n) is 14.8.